The molecule has 1 aliphatic heterocycles. The van der Waals surface area contributed by atoms with Crippen LogP contribution in [0.5, 0.6) is 0 Å². The summed E-state index contributed by atoms with van der Waals surface area (Å²) in [5.74, 6) is -0.375. The highest BCUT2D eigenvalue weighted by molar-refractivity contribution is 5.69. The molecule has 0 bridgehead atoms. The molecule has 2 atom stereocenters. The Hall–Kier alpha value is -0.690. The Morgan fingerprint density at radius 3 is 1.82 bits per heavy atom. The molecule has 2 N–H and O–H groups in total. The maximum atomic E-state index is 12.0. The Balaban J connectivity index is 1.96. The second-order valence-electron chi connectivity index (χ2n) is 7.81. The minimum Gasteiger partial charge on any atom is -0.454 e. The third-order valence-corrected chi connectivity index (χ3v) is 5.23. The molecule has 1 heterocycles. The van der Waals surface area contributed by atoms with E-state index >= 15 is 0 Å². The van der Waals surface area contributed by atoms with Gasteiger partial charge in [-0.05, 0) is 6.42 Å². The van der Waals surface area contributed by atoms with Crippen LogP contribution in [0.4, 0.5) is 0 Å². The number of hydrogen-bond acceptors (Lipinski definition) is 6. The molecule has 28 heavy (non-hydrogen) atoms. The van der Waals surface area contributed by atoms with Crippen molar-refractivity contribution in [1.82, 2.24) is 0 Å². The molecule has 0 aromatic carbocycles. The average molecular weight is 403 g/mol. The summed E-state index contributed by atoms with van der Waals surface area (Å²) in [6.07, 6.45) is 13.7. The van der Waals surface area contributed by atoms with Crippen LogP contribution < -0.4 is 0 Å². The van der Waals surface area contributed by atoms with E-state index in [1.165, 1.54) is 64.2 Å². The van der Waals surface area contributed by atoms with Crippen molar-refractivity contribution < 1.29 is 29.2 Å². The van der Waals surface area contributed by atoms with E-state index in [9.17, 15) is 9.90 Å². The van der Waals surface area contributed by atoms with E-state index in [4.69, 9.17) is 19.3 Å². The highest BCUT2D eigenvalue weighted by atomic mass is 16.7. The van der Waals surface area contributed by atoms with Gasteiger partial charge in [0, 0.05) is 6.42 Å². The van der Waals surface area contributed by atoms with Gasteiger partial charge in [0.05, 0.1) is 19.8 Å². The van der Waals surface area contributed by atoms with Gasteiger partial charge in [0.15, 0.2) is 12.4 Å². The average Bonchev–Trinajstić information content (AvgIpc) is 3.23. The first kappa shape index (κ1) is 25.3. The Labute approximate surface area is 170 Å². The zero-order valence-corrected chi connectivity index (χ0v) is 17.8. The zero-order chi connectivity index (χ0) is 20.5. The molecule has 1 aliphatic rings. The summed E-state index contributed by atoms with van der Waals surface area (Å²) in [6.45, 7) is 2.55. The molecule has 0 saturated carbocycles. The third-order valence-electron chi connectivity index (χ3n) is 5.23. The summed E-state index contributed by atoms with van der Waals surface area (Å²) < 4.78 is 15.9. The van der Waals surface area contributed by atoms with E-state index in [2.05, 4.69) is 6.92 Å². The molecule has 0 amide bonds. The van der Waals surface area contributed by atoms with Gasteiger partial charge in [0.1, 0.15) is 6.10 Å². The van der Waals surface area contributed by atoms with Gasteiger partial charge < -0.3 is 24.4 Å². The molecule has 166 valence electrons. The van der Waals surface area contributed by atoms with Gasteiger partial charge in [-0.1, -0.05) is 84.0 Å². The number of ether oxygens (including phenoxy) is 3. The number of unbranched alkanes of at least 4 members (excludes halogenated alkanes) is 12. The molecule has 6 nitrogen and oxygen atoms in total. The third kappa shape index (κ3) is 12.0. The minimum atomic E-state index is -1.20. The Morgan fingerprint density at radius 2 is 1.36 bits per heavy atom. The van der Waals surface area contributed by atoms with Crippen molar-refractivity contribution in [2.75, 3.05) is 19.8 Å². The maximum Gasteiger partial charge on any atom is 0.306 e. The van der Waals surface area contributed by atoms with Gasteiger partial charge in [-0.3, -0.25) is 4.79 Å². The van der Waals surface area contributed by atoms with Crippen molar-refractivity contribution in [3.8, 4) is 0 Å². The van der Waals surface area contributed by atoms with Crippen LogP contribution in [0.1, 0.15) is 96.8 Å². The van der Waals surface area contributed by atoms with Crippen LogP contribution in [-0.4, -0.2) is 54.5 Å². The summed E-state index contributed by atoms with van der Waals surface area (Å²) in [5.41, 5.74) is 0. The molecule has 1 rings (SSSR count). The Kier molecular flexibility index (Phi) is 15.6. The van der Waals surface area contributed by atoms with E-state index in [0.29, 0.717) is 19.6 Å². The molecular weight excluding hydrogens is 360 g/mol. The molecular formula is C22H42O6. The lowest BCUT2D eigenvalue weighted by molar-refractivity contribution is -0.195. The van der Waals surface area contributed by atoms with Crippen LogP contribution in [0.3, 0.4) is 0 Å². The van der Waals surface area contributed by atoms with Gasteiger partial charge in [-0.2, -0.15) is 0 Å². The number of aliphatic hydroxyl groups excluding tert-OH is 2. The van der Waals surface area contributed by atoms with Crippen molar-refractivity contribution >= 4 is 5.97 Å². The number of esters is 1. The molecule has 0 aromatic heterocycles. The van der Waals surface area contributed by atoms with Crippen LogP contribution in [0, 0.1) is 0 Å². The van der Waals surface area contributed by atoms with Gasteiger partial charge in [0.2, 0.25) is 0 Å². The normalized spacial score (nSPS) is 17.0. The fourth-order valence-electron chi connectivity index (χ4n) is 3.48. The summed E-state index contributed by atoms with van der Waals surface area (Å²) in [4.78, 5) is 12.0. The molecule has 6 heteroatoms. The van der Waals surface area contributed by atoms with E-state index in [1.54, 1.807) is 0 Å². The van der Waals surface area contributed by atoms with Crippen LogP contribution in [0.2, 0.25) is 0 Å². The largest absolute Gasteiger partial charge is 0.454 e. The van der Waals surface area contributed by atoms with Gasteiger partial charge in [-0.15, -0.1) is 0 Å². The topological polar surface area (TPSA) is 85.2 Å². The number of hydrogen-bond donors (Lipinski definition) is 2. The fourth-order valence-corrected chi connectivity index (χ4v) is 3.48. The second-order valence-corrected chi connectivity index (χ2v) is 7.81. The molecule has 0 unspecified atom stereocenters. The SMILES string of the molecule is CCCCCCCCCCCCCCCC(=O)O[C@@H](C1OCCO1)[C@H](O)CO. The monoisotopic (exact) mass is 402 g/mol. The highest BCUT2D eigenvalue weighted by Crippen LogP contribution is 2.17. The zero-order valence-electron chi connectivity index (χ0n) is 17.8. The minimum absolute atomic E-state index is 0.319. The van der Waals surface area contributed by atoms with Crippen LogP contribution >= 0.6 is 0 Å². The van der Waals surface area contributed by atoms with E-state index in [1.807, 2.05) is 0 Å². The fraction of sp³-hybridized carbons (Fsp3) is 0.955. The number of aliphatic hydroxyl groups is 2. The first-order valence-electron chi connectivity index (χ1n) is 11.4. The highest BCUT2D eigenvalue weighted by Gasteiger charge is 2.35. The molecule has 0 spiro atoms. The lowest BCUT2D eigenvalue weighted by Crippen LogP contribution is -2.43. The molecule has 0 aromatic rings. The Bertz CT molecular complexity index is 370. The molecule has 0 aliphatic carbocycles. The maximum absolute atomic E-state index is 12.0. The smallest absolute Gasteiger partial charge is 0.306 e. The molecule has 1 saturated heterocycles. The Morgan fingerprint density at radius 1 is 0.893 bits per heavy atom. The summed E-state index contributed by atoms with van der Waals surface area (Å²) in [5, 5.41) is 18.9. The van der Waals surface area contributed by atoms with Crippen molar-refractivity contribution in [3.63, 3.8) is 0 Å². The number of carbonyl (C=O) groups excluding carboxylic acids is 1. The van der Waals surface area contributed by atoms with Crippen LogP contribution in [-0.2, 0) is 19.0 Å². The number of rotatable bonds is 18. The molecule has 1 fully saturated rings. The number of carbonyl (C=O) groups is 1. The van der Waals surface area contributed by atoms with Crippen molar-refractivity contribution in [3.05, 3.63) is 0 Å². The summed E-state index contributed by atoms with van der Waals surface area (Å²) in [6, 6.07) is 0. The van der Waals surface area contributed by atoms with Gasteiger partial charge >= 0.3 is 5.97 Å². The van der Waals surface area contributed by atoms with Gasteiger partial charge in [0.25, 0.3) is 0 Å². The predicted octanol–water partition coefficient (Wildman–Crippen LogP) is 4.11. The standard InChI is InChI=1S/C22H42O6/c1-2-3-4-5-6-7-8-9-10-11-12-13-14-15-20(25)28-21(19(24)18-23)22-26-16-17-27-22/h19,21-24H,2-18H2,1H3/t19-,21-/m1/s1. The summed E-state index contributed by atoms with van der Waals surface area (Å²) >= 11 is 0. The quantitative estimate of drug-likeness (QED) is 0.265. The first-order valence-corrected chi connectivity index (χ1v) is 11.4. The molecule has 0 radical (unpaired) electrons. The summed E-state index contributed by atoms with van der Waals surface area (Å²) in [7, 11) is 0. The van der Waals surface area contributed by atoms with Crippen molar-refractivity contribution in [2.24, 2.45) is 0 Å². The predicted molar refractivity (Wildman–Crippen MR) is 109 cm³/mol. The van der Waals surface area contributed by atoms with Crippen LogP contribution in [0.25, 0.3) is 0 Å². The second kappa shape index (κ2) is 17.2. The van der Waals surface area contributed by atoms with Crippen molar-refractivity contribution in [2.45, 2.75) is 115 Å². The first-order chi connectivity index (χ1) is 13.7. The van der Waals surface area contributed by atoms with Crippen molar-refractivity contribution in [1.29, 1.82) is 0 Å². The lowest BCUT2D eigenvalue weighted by Gasteiger charge is -2.25. The van der Waals surface area contributed by atoms with E-state index in [-0.39, 0.29) is 5.97 Å². The van der Waals surface area contributed by atoms with Gasteiger partial charge in [-0.25, -0.2) is 0 Å². The van der Waals surface area contributed by atoms with Crippen LogP contribution in [0.15, 0.2) is 0 Å². The lowest BCUT2D eigenvalue weighted by atomic mass is 10.0. The van der Waals surface area contributed by atoms with E-state index in [0.717, 1.165) is 19.3 Å². The van der Waals surface area contributed by atoms with E-state index < -0.39 is 25.1 Å².